The SMILES string of the molecule is CCCNC1CCC(CCC)CC1N1CCC(COC)C1. The molecule has 1 saturated carbocycles. The van der Waals surface area contributed by atoms with Gasteiger partial charge < -0.3 is 10.1 Å². The molecule has 4 unspecified atom stereocenters. The molecule has 2 aliphatic rings. The zero-order valence-corrected chi connectivity index (χ0v) is 14.4. The van der Waals surface area contributed by atoms with Crippen molar-refractivity contribution >= 4 is 0 Å². The van der Waals surface area contributed by atoms with E-state index in [4.69, 9.17) is 4.74 Å². The van der Waals surface area contributed by atoms with E-state index in [0.29, 0.717) is 0 Å². The van der Waals surface area contributed by atoms with Crippen molar-refractivity contribution in [3.05, 3.63) is 0 Å². The van der Waals surface area contributed by atoms with Gasteiger partial charge >= 0.3 is 0 Å². The number of methoxy groups -OCH3 is 1. The Labute approximate surface area is 131 Å². The molecule has 1 aliphatic heterocycles. The van der Waals surface area contributed by atoms with Crippen LogP contribution < -0.4 is 5.32 Å². The minimum atomic E-state index is 0.722. The van der Waals surface area contributed by atoms with Gasteiger partial charge in [0.1, 0.15) is 0 Å². The van der Waals surface area contributed by atoms with Gasteiger partial charge in [0.25, 0.3) is 0 Å². The average Bonchev–Trinajstić information content (AvgIpc) is 2.95. The highest BCUT2D eigenvalue weighted by atomic mass is 16.5. The lowest BCUT2D eigenvalue weighted by Crippen LogP contribution is -2.52. The quantitative estimate of drug-likeness (QED) is 0.744. The first-order valence-corrected chi connectivity index (χ1v) is 9.24. The zero-order chi connectivity index (χ0) is 15.1. The van der Waals surface area contributed by atoms with E-state index in [-0.39, 0.29) is 0 Å². The highest BCUT2D eigenvalue weighted by molar-refractivity contribution is 4.94. The fourth-order valence-corrected chi connectivity index (χ4v) is 4.41. The lowest BCUT2D eigenvalue weighted by atomic mass is 9.79. The van der Waals surface area contributed by atoms with Crippen molar-refractivity contribution in [2.45, 2.75) is 70.9 Å². The Kier molecular flexibility index (Phi) is 7.48. The van der Waals surface area contributed by atoms with Gasteiger partial charge in [0, 0.05) is 25.7 Å². The Balaban J connectivity index is 1.92. The van der Waals surface area contributed by atoms with E-state index in [9.17, 15) is 0 Å². The van der Waals surface area contributed by atoms with E-state index >= 15 is 0 Å². The second-order valence-electron chi connectivity index (χ2n) is 7.20. The van der Waals surface area contributed by atoms with Crippen LogP contribution in [0.4, 0.5) is 0 Å². The van der Waals surface area contributed by atoms with Gasteiger partial charge in [-0.15, -0.1) is 0 Å². The predicted octanol–water partition coefficient (Wildman–Crippen LogP) is 3.29. The van der Waals surface area contributed by atoms with Crippen molar-refractivity contribution in [1.82, 2.24) is 10.2 Å². The maximum atomic E-state index is 5.37. The molecule has 124 valence electrons. The first-order valence-electron chi connectivity index (χ1n) is 9.24. The second-order valence-corrected chi connectivity index (χ2v) is 7.20. The van der Waals surface area contributed by atoms with Gasteiger partial charge in [-0.3, -0.25) is 4.90 Å². The van der Waals surface area contributed by atoms with E-state index in [1.54, 1.807) is 0 Å². The summed E-state index contributed by atoms with van der Waals surface area (Å²) in [5.74, 6) is 1.72. The molecule has 1 aliphatic carbocycles. The van der Waals surface area contributed by atoms with Crippen LogP contribution in [0.3, 0.4) is 0 Å². The van der Waals surface area contributed by atoms with E-state index in [1.165, 1.54) is 64.6 Å². The molecule has 0 radical (unpaired) electrons. The van der Waals surface area contributed by atoms with Crippen LogP contribution in [0.2, 0.25) is 0 Å². The van der Waals surface area contributed by atoms with Crippen molar-refractivity contribution in [2.75, 3.05) is 33.4 Å². The van der Waals surface area contributed by atoms with E-state index in [2.05, 4.69) is 24.1 Å². The standard InChI is InChI=1S/C18H36N2O/c1-4-6-15-7-8-17(19-10-5-2)18(12-15)20-11-9-16(13-20)14-21-3/h15-19H,4-14H2,1-3H3. The van der Waals surface area contributed by atoms with Gasteiger partial charge in [-0.05, 0) is 57.0 Å². The summed E-state index contributed by atoms with van der Waals surface area (Å²) in [5.41, 5.74) is 0. The minimum Gasteiger partial charge on any atom is -0.384 e. The molecule has 0 amide bonds. The lowest BCUT2D eigenvalue weighted by molar-refractivity contribution is 0.101. The third kappa shape index (κ3) is 4.94. The van der Waals surface area contributed by atoms with Crippen LogP contribution in [-0.4, -0.2) is 50.3 Å². The van der Waals surface area contributed by atoms with Crippen LogP contribution in [0.5, 0.6) is 0 Å². The van der Waals surface area contributed by atoms with Gasteiger partial charge in [0.15, 0.2) is 0 Å². The number of ether oxygens (including phenoxy) is 1. The Bertz CT molecular complexity index is 284. The smallest absolute Gasteiger partial charge is 0.0503 e. The molecule has 0 aromatic heterocycles. The second kappa shape index (κ2) is 9.12. The van der Waals surface area contributed by atoms with Crippen molar-refractivity contribution in [3.63, 3.8) is 0 Å². The molecule has 0 aromatic rings. The fraction of sp³-hybridized carbons (Fsp3) is 1.00. The normalized spacial score (nSPS) is 34.4. The summed E-state index contributed by atoms with van der Waals surface area (Å²) >= 11 is 0. The van der Waals surface area contributed by atoms with Crippen molar-refractivity contribution < 1.29 is 4.74 Å². The largest absolute Gasteiger partial charge is 0.384 e. The van der Waals surface area contributed by atoms with Gasteiger partial charge in [-0.2, -0.15) is 0 Å². The van der Waals surface area contributed by atoms with E-state index in [0.717, 1.165) is 30.5 Å². The van der Waals surface area contributed by atoms with Crippen LogP contribution in [0.25, 0.3) is 0 Å². The molecule has 3 heteroatoms. The van der Waals surface area contributed by atoms with Crippen molar-refractivity contribution in [3.8, 4) is 0 Å². The first kappa shape index (κ1) is 17.2. The average molecular weight is 296 g/mol. The first-order chi connectivity index (χ1) is 10.3. The van der Waals surface area contributed by atoms with Crippen LogP contribution in [0, 0.1) is 11.8 Å². The molecule has 2 fully saturated rings. The third-order valence-electron chi connectivity index (χ3n) is 5.47. The van der Waals surface area contributed by atoms with Crippen molar-refractivity contribution in [1.29, 1.82) is 0 Å². The number of nitrogens with zero attached hydrogens (tertiary/aromatic N) is 1. The molecule has 1 heterocycles. The van der Waals surface area contributed by atoms with Gasteiger partial charge in [0.2, 0.25) is 0 Å². The third-order valence-corrected chi connectivity index (χ3v) is 5.47. The molecule has 0 bridgehead atoms. The molecule has 21 heavy (non-hydrogen) atoms. The number of hydrogen-bond donors (Lipinski definition) is 1. The maximum Gasteiger partial charge on any atom is 0.0503 e. The molecule has 0 aromatic carbocycles. The molecule has 4 atom stereocenters. The molecule has 2 rings (SSSR count). The van der Waals surface area contributed by atoms with Crippen LogP contribution in [0.15, 0.2) is 0 Å². The Morgan fingerprint density at radius 2 is 1.95 bits per heavy atom. The van der Waals surface area contributed by atoms with Gasteiger partial charge in [0.05, 0.1) is 6.61 Å². The van der Waals surface area contributed by atoms with E-state index in [1.807, 2.05) is 7.11 Å². The summed E-state index contributed by atoms with van der Waals surface area (Å²) in [7, 11) is 1.84. The monoisotopic (exact) mass is 296 g/mol. The summed E-state index contributed by atoms with van der Waals surface area (Å²) < 4.78 is 5.37. The molecule has 3 nitrogen and oxygen atoms in total. The summed E-state index contributed by atoms with van der Waals surface area (Å²) in [5, 5.41) is 3.83. The number of hydrogen-bond acceptors (Lipinski definition) is 3. The highest BCUT2D eigenvalue weighted by Crippen LogP contribution is 2.33. The van der Waals surface area contributed by atoms with Crippen LogP contribution >= 0.6 is 0 Å². The lowest BCUT2D eigenvalue weighted by Gasteiger charge is -2.42. The Hall–Kier alpha value is -0.120. The van der Waals surface area contributed by atoms with Gasteiger partial charge in [-0.25, -0.2) is 0 Å². The fourth-order valence-electron chi connectivity index (χ4n) is 4.41. The van der Waals surface area contributed by atoms with Gasteiger partial charge in [-0.1, -0.05) is 26.7 Å². The van der Waals surface area contributed by atoms with Crippen LogP contribution in [-0.2, 0) is 4.74 Å². The predicted molar refractivity (Wildman–Crippen MR) is 89.7 cm³/mol. The molecule has 1 saturated heterocycles. The Morgan fingerprint density at radius 3 is 2.67 bits per heavy atom. The Morgan fingerprint density at radius 1 is 1.10 bits per heavy atom. The number of rotatable bonds is 8. The molecule has 1 N–H and O–H groups in total. The maximum absolute atomic E-state index is 5.37. The number of nitrogens with one attached hydrogen (secondary N) is 1. The summed E-state index contributed by atoms with van der Waals surface area (Å²) in [6.07, 6.45) is 9.55. The molecule has 0 spiro atoms. The minimum absolute atomic E-state index is 0.722. The van der Waals surface area contributed by atoms with Crippen LogP contribution in [0.1, 0.15) is 58.8 Å². The summed E-state index contributed by atoms with van der Waals surface area (Å²) in [4.78, 5) is 2.78. The van der Waals surface area contributed by atoms with E-state index < -0.39 is 0 Å². The summed E-state index contributed by atoms with van der Waals surface area (Å²) in [6.45, 7) is 9.25. The molecular weight excluding hydrogens is 260 g/mol. The molecular formula is C18H36N2O. The van der Waals surface area contributed by atoms with Crippen molar-refractivity contribution in [2.24, 2.45) is 11.8 Å². The number of likely N-dealkylation sites (tertiary alicyclic amines) is 1. The highest BCUT2D eigenvalue weighted by Gasteiger charge is 2.36. The summed E-state index contributed by atoms with van der Waals surface area (Å²) in [6, 6.07) is 1.49. The topological polar surface area (TPSA) is 24.5 Å². The zero-order valence-electron chi connectivity index (χ0n) is 14.4.